The smallest absolute Gasteiger partial charge is 0.253 e. The van der Waals surface area contributed by atoms with E-state index in [1.54, 1.807) is 36.1 Å². The summed E-state index contributed by atoms with van der Waals surface area (Å²) in [4.78, 5) is 38.8. The molecule has 0 spiro atoms. The normalized spacial score (nSPS) is 20.2. The maximum Gasteiger partial charge on any atom is 0.253 e. The van der Waals surface area contributed by atoms with Crippen LogP contribution in [0, 0.1) is 11.8 Å². The summed E-state index contributed by atoms with van der Waals surface area (Å²) in [6.07, 6.45) is 8.38. The van der Waals surface area contributed by atoms with Gasteiger partial charge in [0.1, 0.15) is 0 Å². The summed E-state index contributed by atoms with van der Waals surface area (Å²) in [5.41, 5.74) is 1.27. The van der Waals surface area contributed by atoms with Crippen molar-refractivity contribution in [2.45, 2.75) is 58.3 Å². The van der Waals surface area contributed by atoms with Crippen molar-refractivity contribution >= 4 is 23.4 Å². The Morgan fingerprint density at radius 1 is 1.00 bits per heavy atom. The van der Waals surface area contributed by atoms with E-state index in [2.05, 4.69) is 10.6 Å². The van der Waals surface area contributed by atoms with Gasteiger partial charge < -0.3 is 15.5 Å². The Kier molecular flexibility index (Phi) is 7.67. The SMILES string of the molecule is CCC(=O)Nc1ccc(C(=O)N2CCC[C@H](C(=O)NCC3CCCCC3)C2)cc1. The summed E-state index contributed by atoms with van der Waals surface area (Å²) in [7, 11) is 0. The van der Waals surface area contributed by atoms with Crippen LogP contribution in [0.5, 0.6) is 0 Å². The standard InChI is InChI=1S/C23H33N3O3/c1-2-21(27)25-20-12-10-18(11-13-20)23(29)26-14-6-9-19(16-26)22(28)24-15-17-7-4-3-5-8-17/h10-13,17,19H,2-9,14-16H2,1H3,(H,24,28)(H,25,27)/t19-/m0/s1. The van der Waals surface area contributed by atoms with Crippen LogP contribution < -0.4 is 10.6 Å². The Labute approximate surface area is 173 Å². The van der Waals surface area contributed by atoms with Gasteiger partial charge in [0.25, 0.3) is 5.91 Å². The van der Waals surface area contributed by atoms with Crippen molar-refractivity contribution in [3.05, 3.63) is 29.8 Å². The highest BCUT2D eigenvalue weighted by Gasteiger charge is 2.29. The zero-order valence-corrected chi connectivity index (χ0v) is 17.4. The number of carbonyl (C=O) groups is 3. The highest BCUT2D eigenvalue weighted by Crippen LogP contribution is 2.24. The molecule has 0 unspecified atom stereocenters. The van der Waals surface area contributed by atoms with E-state index in [0.717, 1.165) is 19.4 Å². The maximum atomic E-state index is 12.9. The quantitative estimate of drug-likeness (QED) is 0.767. The van der Waals surface area contributed by atoms with E-state index in [-0.39, 0.29) is 23.6 Å². The molecule has 3 rings (SSSR count). The summed E-state index contributed by atoms with van der Waals surface area (Å²) in [5, 5.41) is 5.92. The van der Waals surface area contributed by atoms with Crippen molar-refractivity contribution in [3.63, 3.8) is 0 Å². The predicted molar refractivity (Wildman–Crippen MR) is 114 cm³/mol. The highest BCUT2D eigenvalue weighted by atomic mass is 16.2. The second kappa shape index (κ2) is 10.4. The number of nitrogens with one attached hydrogen (secondary N) is 2. The average molecular weight is 400 g/mol. The molecule has 29 heavy (non-hydrogen) atoms. The zero-order chi connectivity index (χ0) is 20.6. The summed E-state index contributed by atoms with van der Waals surface area (Å²) in [6, 6.07) is 6.97. The molecule has 0 aromatic heterocycles. The van der Waals surface area contributed by atoms with Gasteiger partial charge in [0.15, 0.2) is 0 Å². The average Bonchev–Trinajstić information content (AvgIpc) is 2.78. The van der Waals surface area contributed by atoms with Crippen LogP contribution in [0.4, 0.5) is 5.69 Å². The second-order valence-corrected chi connectivity index (χ2v) is 8.32. The molecule has 1 saturated heterocycles. The lowest BCUT2D eigenvalue weighted by Gasteiger charge is -2.32. The van der Waals surface area contributed by atoms with Gasteiger partial charge in [-0.15, -0.1) is 0 Å². The van der Waals surface area contributed by atoms with Crippen molar-refractivity contribution in [1.29, 1.82) is 0 Å². The number of rotatable bonds is 6. The zero-order valence-electron chi connectivity index (χ0n) is 17.4. The lowest BCUT2D eigenvalue weighted by atomic mass is 9.89. The van der Waals surface area contributed by atoms with Crippen LogP contribution in [0.3, 0.4) is 0 Å². The van der Waals surface area contributed by atoms with E-state index in [1.807, 2.05) is 0 Å². The minimum Gasteiger partial charge on any atom is -0.356 e. The number of amides is 3. The third-order valence-electron chi connectivity index (χ3n) is 6.11. The molecule has 2 aliphatic rings. The molecule has 0 radical (unpaired) electrons. The summed E-state index contributed by atoms with van der Waals surface area (Å²) in [5.74, 6) is 0.469. The van der Waals surface area contributed by atoms with Gasteiger partial charge in [-0.2, -0.15) is 0 Å². The fraction of sp³-hybridized carbons (Fsp3) is 0.609. The molecule has 6 heteroatoms. The Morgan fingerprint density at radius 3 is 2.41 bits per heavy atom. The van der Waals surface area contributed by atoms with E-state index >= 15 is 0 Å². The molecule has 3 amide bonds. The topological polar surface area (TPSA) is 78.5 Å². The van der Waals surface area contributed by atoms with Crippen LogP contribution in [0.1, 0.15) is 68.6 Å². The third kappa shape index (κ3) is 6.05. The van der Waals surface area contributed by atoms with Crippen LogP contribution in [0.15, 0.2) is 24.3 Å². The van der Waals surface area contributed by atoms with Crippen molar-refractivity contribution in [2.24, 2.45) is 11.8 Å². The Hall–Kier alpha value is -2.37. The molecular weight excluding hydrogens is 366 g/mol. The van der Waals surface area contributed by atoms with E-state index in [0.29, 0.717) is 36.7 Å². The minimum atomic E-state index is -0.126. The van der Waals surface area contributed by atoms with Gasteiger partial charge in [-0.05, 0) is 55.9 Å². The summed E-state index contributed by atoms with van der Waals surface area (Å²) < 4.78 is 0. The molecule has 1 saturated carbocycles. The maximum absolute atomic E-state index is 12.9. The number of hydrogen-bond donors (Lipinski definition) is 2. The predicted octanol–water partition coefficient (Wildman–Crippen LogP) is 3.58. The van der Waals surface area contributed by atoms with Crippen molar-refractivity contribution in [2.75, 3.05) is 25.0 Å². The van der Waals surface area contributed by atoms with Crippen LogP contribution in [-0.4, -0.2) is 42.3 Å². The molecule has 1 aliphatic heterocycles. The van der Waals surface area contributed by atoms with Crippen LogP contribution in [0.25, 0.3) is 0 Å². The minimum absolute atomic E-state index is 0.0526. The Balaban J connectivity index is 1.51. The number of carbonyl (C=O) groups excluding carboxylic acids is 3. The van der Waals surface area contributed by atoms with Gasteiger partial charge in [0.05, 0.1) is 5.92 Å². The van der Waals surface area contributed by atoms with Gasteiger partial charge in [0.2, 0.25) is 11.8 Å². The van der Waals surface area contributed by atoms with Gasteiger partial charge in [-0.25, -0.2) is 0 Å². The number of hydrogen-bond acceptors (Lipinski definition) is 3. The first-order valence-corrected chi connectivity index (χ1v) is 11.0. The van der Waals surface area contributed by atoms with E-state index in [1.165, 1.54) is 32.1 Å². The number of likely N-dealkylation sites (tertiary alicyclic amines) is 1. The molecular formula is C23H33N3O3. The summed E-state index contributed by atoms with van der Waals surface area (Å²) in [6.45, 7) is 3.72. The van der Waals surface area contributed by atoms with Crippen molar-refractivity contribution in [1.82, 2.24) is 10.2 Å². The van der Waals surface area contributed by atoms with Crippen molar-refractivity contribution < 1.29 is 14.4 Å². The molecule has 0 bridgehead atoms. The number of nitrogens with zero attached hydrogens (tertiary/aromatic N) is 1. The first-order valence-electron chi connectivity index (χ1n) is 11.0. The lowest BCUT2D eigenvalue weighted by Crippen LogP contribution is -2.46. The molecule has 1 aliphatic carbocycles. The van der Waals surface area contributed by atoms with E-state index in [4.69, 9.17) is 0 Å². The molecule has 1 heterocycles. The van der Waals surface area contributed by atoms with Crippen LogP contribution in [-0.2, 0) is 9.59 Å². The lowest BCUT2D eigenvalue weighted by molar-refractivity contribution is -0.126. The van der Waals surface area contributed by atoms with Gasteiger partial charge >= 0.3 is 0 Å². The fourth-order valence-corrected chi connectivity index (χ4v) is 4.28. The largest absolute Gasteiger partial charge is 0.356 e. The first-order chi connectivity index (χ1) is 14.1. The Morgan fingerprint density at radius 2 is 1.72 bits per heavy atom. The molecule has 158 valence electrons. The second-order valence-electron chi connectivity index (χ2n) is 8.32. The first kappa shape index (κ1) is 21.3. The molecule has 1 atom stereocenters. The van der Waals surface area contributed by atoms with Crippen LogP contribution >= 0.6 is 0 Å². The fourth-order valence-electron chi connectivity index (χ4n) is 4.28. The van der Waals surface area contributed by atoms with E-state index < -0.39 is 0 Å². The number of benzene rings is 1. The monoisotopic (exact) mass is 399 g/mol. The molecule has 2 fully saturated rings. The van der Waals surface area contributed by atoms with Gasteiger partial charge in [-0.1, -0.05) is 26.2 Å². The molecule has 1 aromatic carbocycles. The molecule has 2 N–H and O–H groups in total. The van der Waals surface area contributed by atoms with Gasteiger partial charge in [0, 0.05) is 37.3 Å². The number of piperidine rings is 1. The highest BCUT2D eigenvalue weighted by molar-refractivity contribution is 5.96. The Bertz CT molecular complexity index is 711. The third-order valence-corrected chi connectivity index (χ3v) is 6.11. The van der Waals surface area contributed by atoms with Crippen LogP contribution in [0.2, 0.25) is 0 Å². The summed E-state index contributed by atoms with van der Waals surface area (Å²) >= 11 is 0. The molecule has 6 nitrogen and oxygen atoms in total. The number of anilines is 1. The molecule has 1 aromatic rings. The van der Waals surface area contributed by atoms with Gasteiger partial charge in [-0.3, -0.25) is 14.4 Å². The van der Waals surface area contributed by atoms with Crippen molar-refractivity contribution in [3.8, 4) is 0 Å². The van der Waals surface area contributed by atoms with E-state index in [9.17, 15) is 14.4 Å².